The highest BCUT2D eigenvalue weighted by molar-refractivity contribution is 6.32. The molecule has 4 nitrogen and oxygen atoms in total. The Hall–Kier alpha value is -2.04. The fourth-order valence-corrected chi connectivity index (χ4v) is 2.01. The highest BCUT2D eigenvalue weighted by Crippen LogP contribution is 2.22. The average Bonchev–Trinajstić information content (AvgIpc) is 2.52. The van der Waals surface area contributed by atoms with Gasteiger partial charge in [0.05, 0.1) is 5.02 Å². The van der Waals surface area contributed by atoms with E-state index >= 15 is 0 Å². The lowest BCUT2D eigenvalue weighted by Crippen LogP contribution is -2.19. The van der Waals surface area contributed by atoms with Gasteiger partial charge in [0.25, 0.3) is 0 Å². The zero-order chi connectivity index (χ0) is 15.9. The summed E-state index contributed by atoms with van der Waals surface area (Å²) < 4.78 is 10.1. The third kappa shape index (κ3) is 4.76. The van der Waals surface area contributed by atoms with E-state index in [1.807, 2.05) is 0 Å². The molecule has 0 unspecified atom stereocenters. The number of hydrogen-bond donors (Lipinski definition) is 0. The monoisotopic (exact) mass is 338 g/mol. The second kappa shape index (κ2) is 7.82. The van der Waals surface area contributed by atoms with Gasteiger partial charge in [0.15, 0.2) is 19.0 Å². The first kappa shape index (κ1) is 16.3. The van der Waals surface area contributed by atoms with Crippen molar-refractivity contribution in [2.24, 2.45) is 0 Å². The van der Waals surface area contributed by atoms with E-state index in [0.717, 1.165) is 0 Å². The van der Waals surface area contributed by atoms with Crippen LogP contribution in [0.4, 0.5) is 0 Å². The molecule has 0 bridgehead atoms. The Morgan fingerprint density at radius 1 is 0.955 bits per heavy atom. The minimum Gasteiger partial charge on any atom is -0.480 e. The molecule has 0 spiro atoms. The van der Waals surface area contributed by atoms with E-state index in [1.54, 1.807) is 42.5 Å². The van der Waals surface area contributed by atoms with E-state index in [1.165, 1.54) is 6.07 Å². The zero-order valence-electron chi connectivity index (χ0n) is 11.4. The van der Waals surface area contributed by atoms with Gasteiger partial charge < -0.3 is 9.47 Å². The summed E-state index contributed by atoms with van der Waals surface area (Å²) >= 11 is 11.7. The molecule has 2 aromatic carbocycles. The fraction of sp³-hybridized carbons (Fsp3) is 0.125. The summed E-state index contributed by atoms with van der Waals surface area (Å²) in [6, 6.07) is 13.2. The van der Waals surface area contributed by atoms with E-state index in [-0.39, 0.29) is 19.0 Å². The third-order valence-electron chi connectivity index (χ3n) is 2.69. The van der Waals surface area contributed by atoms with Gasteiger partial charge in [-0.05, 0) is 24.3 Å². The summed E-state index contributed by atoms with van der Waals surface area (Å²) in [6.07, 6.45) is 0. The molecule has 0 saturated heterocycles. The number of ketones is 1. The van der Waals surface area contributed by atoms with Crippen molar-refractivity contribution in [3.8, 4) is 5.75 Å². The van der Waals surface area contributed by atoms with E-state index in [4.69, 9.17) is 32.7 Å². The molecule has 0 saturated carbocycles. The molecule has 0 amide bonds. The van der Waals surface area contributed by atoms with Gasteiger partial charge in [-0.3, -0.25) is 4.79 Å². The van der Waals surface area contributed by atoms with Crippen LogP contribution in [0.5, 0.6) is 5.75 Å². The normalized spacial score (nSPS) is 10.1. The van der Waals surface area contributed by atoms with E-state index in [9.17, 15) is 9.59 Å². The van der Waals surface area contributed by atoms with Crippen LogP contribution in [0.25, 0.3) is 0 Å². The largest absolute Gasteiger partial charge is 0.480 e. The topological polar surface area (TPSA) is 52.6 Å². The Labute approximate surface area is 137 Å². The number of ether oxygens (including phenoxy) is 2. The van der Waals surface area contributed by atoms with E-state index < -0.39 is 5.97 Å². The van der Waals surface area contributed by atoms with Crippen molar-refractivity contribution >= 4 is 35.0 Å². The van der Waals surface area contributed by atoms with Gasteiger partial charge in [0.2, 0.25) is 0 Å². The second-order valence-corrected chi connectivity index (χ2v) is 5.16. The summed E-state index contributed by atoms with van der Waals surface area (Å²) in [7, 11) is 0. The number of benzene rings is 2. The minimum atomic E-state index is -0.657. The smallest absolute Gasteiger partial charge is 0.344 e. The van der Waals surface area contributed by atoms with Crippen LogP contribution in [0.15, 0.2) is 48.5 Å². The first-order valence-electron chi connectivity index (χ1n) is 6.38. The van der Waals surface area contributed by atoms with Crippen LogP contribution in [-0.2, 0) is 9.53 Å². The Morgan fingerprint density at radius 3 is 2.45 bits per heavy atom. The molecule has 0 aliphatic heterocycles. The van der Waals surface area contributed by atoms with Crippen molar-refractivity contribution in [2.45, 2.75) is 0 Å². The third-order valence-corrected chi connectivity index (χ3v) is 3.24. The van der Waals surface area contributed by atoms with Crippen LogP contribution >= 0.6 is 23.2 Å². The van der Waals surface area contributed by atoms with Crippen molar-refractivity contribution in [2.75, 3.05) is 13.2 Å². The molecule has 0 radical (unpaired) electrons. The van der Waals surface area contributed by atoms with Gasteiger partial charge in [0, 0.05) is 10.6 Å². The van der Waals surface area contributed by atoms with Crippen molar-refractivity contribution in [3.63, 3.8) is 0 Å². The number of carbonyl (C=O) groups is 2. The van der Waals surface area contributed by atoms with Gasteiger partial charge >= 0.3 is 5.97 Å². The maximum absolute atomic E-state index is 11.8. The molecule has 114 valence electrons. The molecule has 2 aromatic rings. The van der Waals surface area contributed by atoms with Gasteiger partial charge in [-0.2, -0.15) is 0 Å². The molecule has 0 N–H and O–H groups in total. The lowest BCUT2D eigenvalue weighted by molar-refractivity contribution is -0.144. The first-order chi connectivity index (χ1) is 10.6. The molecule has 2 rings (SSSR count). The Balaban J connectivity index is 1.81. The molecule has 6 heteroatoms. The lowest BCUT2D eigenvalue weighted by Gasteiger charge is -2.08. The summed E-state index contributed by atoms with van der Waals surface area (Å²) in [5, 5.41) is 0.838. The molecular weight excluding hydrogens is 327 g/mol. The number of para-hydroxylation sites is 1. The molecule has 0 atom stereocenters. The SMILES string of the molecule is O=C(COc1ccccc1Cl)OCC(=O)c1cccc(Cl)c1. The van der Waals surface area contributed by atoms with Crippen LogP contribution in [-0.4, -0.2) is 25.0 Å². The summed E-state index contributed by atoms with van der Waals surface area (Å²) in [4.78, 5) is 23.4. The van der Waals surface area contributed by atoms with Gasteiger partial charge in [-0.1, -0.05) is 47.5 Å². The first-order valence-corrected chi connectivity index (χ1v) is 7.13. The lowest BCUT2D eigenvalue weighted by atomic mass is 10.1. The summed E-state index contributed by atoms with van der Waals surface area (Å²) in [5.74, 6) is -0.619. The van der Waals surface area contributed by atoms with Crippen molar-refractivity contribution in [1.82, 2.24) is 0 Å². The molecule has 0 fully saturated rings. The maximum atomic E-state index is 11.8. The van der Waals surface area contributed by atoms with Gasteiger partial charge in [-0.25, -0.2) is 4.79 Å². The van der Waals surface area contributed by atoms with Crippen LogP contribution in [0.3, 0.4) is 0 Å². The number of carbonyl (C=O) groups excluding carboxylic acids is 2. The molecule has 0 aromatic heterocycles. The maximum Gasteiger partial charge on any atom is 0.344 e. The minimum absolute atomic E-state index is 0.327. The number of esters is 1. The highest BCUT2D eigenvalue weighted by atomic mass is 35.5. The number of halogens is 2. The summed E-state index contributed by atoms with van der Waals surface area (Å²) in [6.45, 7) is -0.697. The zero-order valence-corrected chi connectivity index (χ0v) is 12.9. The molecular formula is C16H12Cl2O4. The predicted octanol–water partition coefficient (Wildman–Crippen LogP) is 3.80. The quantitative estimate of drug-likeness (QED) is 0.593. The predicted molar refractivity (Wildman–Crippen MR) is 83.7 cm³/mol. The Bertz CT molecular complexity index is 685. The van der Waals surface area contributed by atoms with Crippen LogP contribution in [0, 0.1) is 0 Å². The average molecular weight is 339 g/mol. The molecule has 0 aliphatic rings. The van der Waals surface area contributed by atoms with Crippen LogP contribution in [0.2, 0.25) is 10.0 Å². The van der Waals surface area contributed by atoms with E-state index in [2.05, 4.69) is 0 Å². The van der Waals surface area contributed by atoms with Crippen LogP contribution in [0.1, 0.15) is 10.4 Å². The number of Topliss-reactive ketones (excluding diaryl/α,β-unsaturated/α-hetero) is 1. The Kier molecular flexibility index (Phi) is 5.81. The highest BCUT2D eigenvalue weighted by Gasteiger charge is 2.11. The van der Waals surface area contributed by atoms with Gasteiger partial charge in [0.1, 0.15) is 5.75 Å². The second-order valence-electron chi connectivity index (χ2n) is 4.31. The summed E-state index contributed by atoms with van der Waals surface area (Å²) in [5.41, 5.74) is 0.382. The Morgan fingerprint density at radius 2 is 1.73 bits per heavy atom. The van der Waals surface area contributed by atoms with Crippen LogP contribution < -0.4 is 4.74 Å². The molecule has 0 aliphatic carbocycles. The molecule has 22 heavy (non-hydrogen) atoms. The van der Waals surface area contributed by atoms with E-state index in [0.29, 0.717) is 21.4 Å². The molecule has 0 heterocycles. The van der Waals surface area contributed by atoms with Crippen molar-refractivity contribution in [3.05, 3.63) is 64.1 Å². The van der Waals surface area contributed by atoms with Gasteiger partial charge in [-0.15, -0.1) is 0 Å². The van der Waals surface area contributed by atoms with Crippen molar-refractivity contribution < 1.29 is 19.1 Å². The standard InChI is InChI=1S/C16H12Cl2O4/c17-12-5-3-4-11(8-12)14(19)9-22-16(20)10-21-15-7-2-1-6-13(15)18/h1-8H,9-10H2. The number of hydrogen-bond acceptors (Lipinski definition) is 4. The van der Waals surface area contributed by atoms with Crippen molar-refractivity contribution in [1.29, 1.82) is 0 Å². The fourth-order valence-electron chi connectivity index (χ4n) is 1.63. The number of rotatable bonds is 6.